The molecule has 5 heteroatoms. The molecule has 112 valence electrons. The maximum atomic E-state index is 6.24. The Hall–Kier alpha value is -0.810. The maximum Gasteiger partial charge on any atom is 0.135 e. The van der Waals surface area contributed by atoms with Crippen LogP contribution >= 0.6 is 27.5 Å². The first kappa shape index (κ1) is 15.1. The number of benzene rings is 1. The van der Waals surface area contributed by atoms with Gasteiger partial charge in [-0.15, -0.1) is 0 Å². The highest BCUT2D eigenvalue weighted by Crippen LogP contribution is 2.31. The molecule has 0 saturated carbocycles. The lowest BCUT2D eigenvalue weighted by Crippen LogP contribution is -2.25. The molecule has 1 atom stereocenters. The number of hydrogen-bond acceptors (Lipinski definition) is 3. The van der Waals surface area contributed by atoms with Crippen molar-refractivity contribution in [3.05, 3.63) is 45.6 Å². The second kappa shape index (κ2) is 6.97. The van der Waals surface area contributed by atoms with Crippen molar-refractivity contribution in [2.24, 2.45) is 0 Å². The highest BCUT2D eigenvalue weighted by molar-refractivity contribution is 9.10. The van der Waals surface area contributed by atoms with Crippen LogP contribution in [0.3, 0.4) is 0 Å². The molecule has 0 aliphatic carbocycles. The summed E-state index contributed by atoms with van der Waals surface area (Å²) in [5.74, 6) is 1.70. The van der Waals surface area contributed by atoms with Crippen molar-refractivity contribution in [1.29, 1.82) is 0 Å². The van der Waals surface area contributed by atoms with Gasteiger partial charge in [-0.2, -0.15) is 0 Å². The molecule has 0 bridgehead atoms. The van der Waals surface area contributed by atoms with Crippen LogP contribution in [0, 0.1) is 0 Å². The minimum Gasteiger partial charge on any atom is -0.460 e. The highest BCUT2D eigenvalue weighted by Gasteiger charge is 2.15. The summed E-state index contributed by atoms with van der Waals surface area (Å²) in [4.78, 5) is 0. The average Bonchev–Trinajstić information content (AvgIpc) is 3.10. The topological polar surface area (TPSA) is 34.4 Å². The first-order chi connectivity index (χ1) is 10.2. The summed E-state index contributed by atoms with van der Waals surface area (Å²) in [5.41, 5.74) is 0.908. The summed E-state index contributed by atoms with van der Waals surface area (Å²) in [6, 6.07) is 9.72. The van der Waals surface area contributed by atoms with Crippen LogP contribution in [0.15, 0.2) is 39.2 Å². The van der Waals surface area contributed by atoms with E-state index in [2.05, 4.69) is 21.2 Å². The van der Waals surface area contributed by atoms with Crippen LogP contribution < -0.4 is 5.32 Å². The normalized spacial score (nSPS) is 18.3. The lowest BCUT2D eigenvalue weighted by Gasteiger charge is -2.09. The first-order valence-electron chi connectivity index (χ1n) is 7.09. The van der Waals surface area contributed by atoms with E-state index in [0.29, 0.717) is 17.7 Å². The van der Waals surface area contributed by atoms with Crippen LogP contribution in [0.2, 0.25) is 5.02 Å². The molecule has 0 spiro atoms. The number of nitrogens with one attached hydrogen (secondary N) is 1. The molecule has 1 aliphatic rings. The molecule has 2 heterocycles. The van der Waals surface area contributed by atoms with Gasteiger partial charge in [-0.3, -0.25) is 0 Å². The molecule has 0 unspecified atom stereocenters. The second-order valence-electron chi connectivity index (χ2n) is 5.16. The lowest BCUT2D eigenvalue weighted by atomic mass is 10.2. The third-order valence-electron chi connectivity index (χ3n) is 3.55. The monoisotopic (exact) mass is 369 g/mol. The van der Waals surface area contributed by atoms with Crippen molar-refractivity contribution in [3.63, 3.8) is 0 Å². The molecule has 3 rings (SSSR count). The second-order valence-corrected chi connectivity index (χ2v) is 6.48. The van der Waals surface area contributed by atoms with E-state index in [1.807, 2.05) is 30.3 Å². The molecule has 0 amide bonds. The Morgan fingerprint density at radius 3 is 2.95 bits per heavy atom. The standard InChI is InChI=1S/C16H17BrClNO2/c17-11-3-5-14(15(18)8-11)16-6-4-13(21-16)10-19-9-12-2-1-7-20-12/h3-6,8,12,19H,1-2,7,9-10H2/t12-/m1/s1. The summed E-state index contributed by atoms with van der Waals surface area (Å²) < 4.78 is 12.4. The number of hydrogen-bond donors (Lipinski definition) is 1. The Bertz CT molecular complexity index is 608. The molecule has 1 aromatic carbocycles. The van der Waals surface area contributed by atoms with E-state index in [1.165, 1.54) is 6.42 Å². The van der Waals surface area contributed by atoms with Gasteiger partial charge in [0, 0.05) is 23.2 Å². The van der Waals surface area contributed by atoms with Crippen molar-refractivity contribution in [2.45, 2.75) is 25.5 Å². The summed E-state index contributed by atoms with van der Waals surface area (Å²) in [6.07, 6.45) is 2.66. The zero-order chi connectivity index (χ0) is 14.7. The van der Waals surface area contributed by atoms with Gasteiger partial charge in [0.2, 0.25) is 0 Å². The minimum atomic E-state index is 0.348. The molecule has 1 N–H and O–H groups in total. The molecule has 1 aromatic heterocycles. The Kier molecular flexibility index (Phi) is 5.01. The van der Waals surface area contributed by atoms with Crippen molar-refractivity contribution < 1.29 is 9.15 Å². The zero-order valence-corrected chi connectivity index (χ0v) is 13.9. The summed E-state index contributed by atoms with van der Waals surface area (Å²) in [5, 5.41) is 4.05. The van der Waals surface area contributed by atoms with Crippen molar-refractivity contribution >= 4 is 27.5 Å². The Labute approximate surface area is 137 Å². The van der Waals surface area contributed by atoms with E-state index < -0.39 is 0 Å². The van der Waals surface area contributed by atoms with Crippen LogP contribution in [0.1, 0.15) is 18.6 Å². The molecule has 3 nitrogen and oxygen atoms in total. The van der Waals surface area contributed by atoms with Gasteiger partial charge in [-0.25, -0.2) is 0 Å². The van der Waals surface area contributed by atoms with E-state index in [1.54, 1.807) is 0 Å². The van der Waals surface area contributed by atoms with Gasteiger partial charge in [0.25, 0.3) is 0 Å². The molecule has 1 aliphatic heterocycles. The zero-order valence-electron chi connectivity index (χ0n) is 11.6. The molecule has 0 radical (unpaired) electrons. The van der Waals surface area contributed by atoms with E-state index in [0.717, 1.165) is 41.1 Å². The van der Waals surface area contributed by atoms with Crippen molar-refractivity contribution in [2.75, 3.05) is 13.2 Å². The smallest absolute Gasteiger partial charge is 0.135 e. The van der Waals surface area contributed by atoms with Gasteiger partial charge in [0.05, 0.1) is 17.7 Å². The SMILES string of the molecule is Clc1cc(Br)ccc1-c1ccc(CNC[C@H]2CCCO2)o1. The summed E-state index contributed by atoms with van der Waals surface area (Å²) in [7, 11) is 0. The number of rotatable bonds is 5. The van der Waals surface area contributed by atoms with Gasteiger partial charge in [-0.1, -0.05) is 27.5 Å². The molecule has 2 aromatic rings. The lowest BCUT2D eigenvalue weighted by molar-refractivity contribution is 0.109. The molecular formula is C16H17BrClNO2. The largest absolute Gasteiger partial charge is 0.460 e. The fourth-order valence-electron chi connectivity index (χ4n) is 2.47. The van der Waals surface area contributed by atoms with Crippen LogP contribution in [0.5, 0.6) is 0 Å². The van der Waals surface area contributed by atoms with Crippen LogP contribution in [-0.4, -0.2) is 19.3 Å². The van der Waals surface area contributed by atoms with E-state index in [4.69, 9.17) is 20.8 Å². The number of ether oxygens (including phenoxy) is 1. The minimum absolute atomic E-state index is 0.348. The van der Waals surface area contributed by atoms with E-state index in [-0.39, 0.29) is 0 Å². The predicted octanol–water partition coefficient (Wildman–Crippen LogP) is 4.63. The third-order valence-corrected chi connectivity index (χ3v) is 4.36. The van der Waals surface area contributed by atoms with E-state index >= 15 is 0 Å². The van der Waals surface area contributed by atoms with E-state index in [9.17, 15) is 0 Å². The van der Waals surface area contributed by atoms with Gasteiger partial charge in [0.1, 0.15) is 11.5 Å². The predicted molar refractivity (Wildman–Crippen MR) is 87.5 cm³/mol. The first-order valence-corrected chi connectivity index (χ1v) is 8.26. The number of halogens is 2. The molecule has 21 heavy (non-hydrogen) atoms. The van der Waals surface area contributed by atoms with Gasteiger partial charge in [0.15, 0.2) is 0 Å². The molecule has 1 saturated heterocycles. The number of furan rings is 1. The highest BCUT2D eigenvalue weighted by atomic mass is 79.9. The third kappa shape index (κ3) is 3.89. The summed E-state index contributed by atoms with van der Waals surface area (Å²) >= 11 is 9.65. The van der Waals surface area contributed by atoms with Crippen molar-refractivity contribution in [3.8, 4) is 11.3 Å². The van der Waals surface area contributed by atoms with Crippen LogP contribution in [-0.2, 0) is 11.3 Å². The fourth-order valence-corrected chi connectivity index (χ4v) is 3.24. The maximum absolute atomic E-state index is 6.24. The Morgan fingerprint density at radius 1 is 1.29 bits per heavy atom. The average molecular weight is 371 g/mol. The Balaban J connectivity index is 1.60. The van der Waals surface area contributed by atoms with Crippen molar-refractivity contribution in [1.82, 2.24) is 5.32 Å². The van der Waals surface area contributed by atoms with Crippen LogP contribution in [0.4, 0.5) is 0 Å². The summed E-state index contributed by atoms with van der Waals surface area (Å²) in [6.45, 7) is 2.46. The van der Waals surface area contributed by atoms with Gasteiger partial charge >= 0.3 is 0 Å². The van der Waals surface area contributed by atoms with Gasteiger partial charge in [-0.05, 0) is 43.2 Å². The quantitative estimate of drug-likeness (QED) is 0.833. The van der Waals surface area contributed by atoms with Gasteiger partial charge < -0.3 is 14.5 Å². The molecular weight excluding hydrogens is 354 g/mol. The fraction of sp³-hybridized carbons (Fsp3) is 0.375. The van der Waals surface area contributed by atoms with Crippen LogP contribution in [0.25, 0.3) is 11.3 Å². The Morgan fingerprint density at radius 2 is 2.19 bits per heavy atom. The molecule has 1 fully saturated rings.